The average Bonchev–Trinajstić information content (AvgIpc) is 3.32. The van der Waals surface area contributed by atoms with Crippen molar-refractivity contribution in [3.63, 3.8) is 0 Å². The molecule has 2 bridgehead atoms. The Morgan fingerprint density at radius 1 is 1.07 bits per heavy atom. The molecule has 6 heteroatoms. The predicted octanol–water partition coefficient (Wildman–Crippen LogP) is 4.73. The van der Waals surface area contributed by atoms with Crippen LogP contribution >= 0.6 is 0 Å². The van der Waals surface area contributed by atoms with Crippen LogP contribution in [-0.4, -0.2) is 25.5 Å². The van der Waals surface area contributed by atoms with Gasteiger partial charge in [0.25, 0.3) is 0 Å². The summed E-state index contributed by atoms with van der Waals surface area (Å²) in [5.74, 6) is 0.535. The minimum absolute atomic E-state index is 0.0242. The van der Waals surface area contributed by atoms with E-state index in [1.165, 1.54) is 6.42 Å². The number of sulfonamides is 1. The van der Waals surface area contributed by atoms with E-state index in [4.69, 9.17) is 5.11 Å². The van der Waals surface area contributed by atoms with Crippen LogP contribution in [0.2, 0.25) is 0 Å². The van der Waals surface area contributed by atoms with Crippen molar-refractivity contribution in [2.24, 2.45) is 17.8 Å². The van der Waals surface area contributed by atoms with Crippen LogP contribution in [0.4, 0.5) is 0 Å². The van der Waals surface area contributed by atoms with Crippen molar-refractivity contribution in [2.45, 2.75) is 55.9 Å². The van der Waals surface area contributed by atoms with Crippen molar-refractivity contribution < 1.29 is 18.3 Å². The largest absolute Gasteiger partial charge is 0.481 e. The maximum absolute atomic E-state index is 13.1. The topological polar surface area (TPSA) is 83.5 Å². The summed E-state index contributed by atoms with van der Waals surface area (Å²) in [4.78, 5) is 10.9. The van der Waals surface area contributed by atoms with Gasteiger partial charge in [-0.15, -0.1) is 0 Å². The molecule has 2 fully saturated rings. The summed E-state index contributed by atoms with van der Waals surface area (Å²) in [5.41, 5.74) is 0. The third-order valence-electron chi connectivity index (χ3n) is 6.75. The number of allylic oxidation sites excluding steroid dienone is 2. The summed E-state index contributed by atoms with van der Waals surface area (Å²) in [6.45, 7) is 0. The van der Waals surface area contributed by atoms with Crippen molar-refractivity contribution >= 4 is 26.8 Å². The number of benzene rings is 2. The molecule has 0 heterocycles. The van der Waals surface area contributed by atoms with E-state index in [1.54, 1.807) is 12.1 Å². The number of hydrogen-bond donors (Lipinski definition) is 2. The molecular weight excluding hydrogens is 398 g/mol. The second kappa shape index (κ2) is 8.90. The minimum atomic E-state index is -3.58. The Morgan fingerprint density at radius 3 is 2.63 bits per heavy atom. The van der Waals surface area contributed by atoms with Crippen LogP contribution in [0, 0.1) is 17.8 Å². The van der Waals surface area contributed by atoms with E-state index in [-0.39, 0.29) is 12.5 Å². The highest BCUT2D eigenvalue weighted by Crippen LogP contribution is 2.50. The van der Waals surface area contributed by atoms with E-state index in [9.17, 15) is 13.2 Å². The monoisotopic (exact) mass is 427 g/mol. The summed E-state index contributed by atoms with van der Waals surface area (Å²) < 4.78 is 29.3. The van der Waals surface area contributed by atoms with Gasteiger partial charge in [0.1, 0.15) is 0 Å². The van der Waals surface area contributed by atoms with Crippen LogP contribution in [0.3, 0.4) is 0 Å². The molecule has 2 aromatic rings. The molecule has 30 heavy (non-hydrogen) atoms. The number of carboxylic acids is 1. The third kappa shape index (κ3) is 4.60. The highest BCUT2D eigenvalue weighted by Gasteiger charge is 2.48. The van der Waals surface area contributed by atoms with Crippen molar-refractivity contribution in [3.05, 3.63) is 54.6 Å². The summed E-state index contributed by atoms with van der Waals surface area (Å²) in [5, 5.41) is 10.7. The van der Waals surface area contributed by atoms with Gasteiger partial charge in [-0.25, -0.2) is 13.1 Å². The quantitative estimate of drug-likeness (QED) is 0.447. The fraction of sp³-hybridized carbons (Fsp3) is 0.458. The molecule has 2 aromatic carbocycles. The normalized spacial score (nSPS) is 26.0. The lowest BCUT2D eigenvalue weighted by Crippen LogP contribution is -2.43. The van der Waals surface area contributed by atoms with Crippen LogP contribution in [0.1, 0.15) is 44.9 Å². The number of nitrogens with one attached hydrogen (secondary N) is 1. The van der Waals surface area contributed by atoms with Gasteiger partial charge in [0, 0.05) is 12.5 Å². The first kappa shape index (κ1) is 21.1. The molecule has 0 radical (unpaired) electrons. The van der Waals surface area contributed by atoms with Gasteiger partial charge in [-0.1, -0.05) is 42.5 Å². The molecule has 0 spiro atoms. The number of hydrogen-bond acceptors (Lipinski definition) is 3. The Kier molecular flexibility index (Phi) is 6.25. The number of fused-ring (bicyclic) bond motifs is 3. The highest BCUT2D eigenvalue weighted by atomic mass is 32.2. The average molecular weight is 428 g/mol. The fourth-order valence-corrected chi connectivity index (χ4v) is 6.65. The van der Waals surface area contributed by atoms with Crippen molar-refractivity contribution in [1.29, 1.82) is 0 Å². The first-order valence-corrected chi connectivity index (χ1v) is 12.3. The number of rotatable bonds is 9. The Morgan fingerprint density at radius 2 is 1.83 bits per heavy atom. The molecule has 2 aliphatic carbocycles. The van der Waals surface area contributed by atoms with Crippen LogP contribution in [0.25, 0.3) is 10.8 Å². The second-order valence-electron chi connectivity index (χ2n) is 8.65. The maximum Gasteiger partial charge on any atom is 0.303 e. The zero-order valence-corrected chi connectivity index (χ0v) is 17.9. The molecule has 0 saturated heterocycles. The Hall–Kier alpha value is -2.18. The molecule has 2 saturated carbocycles. The zero-order chi connectivity index (χ0) is 21.1. The Balaban J connectivity index is 1.44. The van der Waals surface area contributed by atoms with E-state index in [2.05, 4.69) is 10.8 Å². The Bertz CT molecular complexity index is 1050. The summed E-state index contributed by atoms with van der Waals surface area (Å²) >= 11 is 0. The first-order valence-electron chi connectivity index (χ1n) is 10.8. The van der Waals surface area contributed by atoms with Gasteiger partial charge in [-0.3, -0.25) is 4.79 Å². The SMILES string of the molecule is O=C(O)CCCC=CCC1C2CCC(C2)C1NS(=O)(=O)c1ccc2ccccc2c1. The minimum Gasteiger partial charge on any atom is -0.481 e. The number of carboxylic acid groups (broad SMARTS) is 1. The van der Waals surface area contributed by atoms with Gasteiger partial charge in [0.15, 0.2) is 0 Å². The maximum atomic E-state index is 13.1. The van der Waals surface area contributed by atoms with Crippen LogP contribution in [0.5, 0.6) is 0 Å². The summed E-state index contributed by atoms with van der Waals surface area (Å²) in [6.07, 6.45) is 9.95. The van der Waals surface area contributed by atoms with Gasteiger partial charge in [0.2, 0.25) is 10.0 Å². The fourth-order valence-electron chi connectivity index (χ4n) is 5.26. The molecule has 5 nitrogen and oxygen atoms in total. The van der Waals surface area contributed by atoms with Crippen LogP contribution in [-0.2, 0) is 14.8 Å². The van der Waals surface area contributed by atoms with Crippen LogP contribution < -0.4 is 4.72 Å². The molecule has 2 N–H and O–H groups in total. The van der Waals surface area contributed by atoms with E-state index in [0.29, 0.717) is 29.1 Å². The highest BCUT2D eigenvalue weighted by molar-refractivity contribution is 7.89. The molecule has 4 rings (SSSR count). The Labute approximate surface area is 178 Å². The molecule has 0 aliphatic heterocycles. The van der Waals surface area contributed by atoms with Crippen molar-refractivity contribution in [3.8, 4) is 0 Å². The van der Waals surface area contributed by atoms with E-state index in [0.717, 1.165) is 36.5 Å². The van der Waals surface area contributed by atoms with Crippen LogP contribution in [0.15, 0.2) is 59.5 Å². The predicted molar refractivity (Wildman–Crippen MR) is 118 cm³/mol. The van der Waals surface area contributed by atoms with E-state index >= 15 is 0 Å². The lowest BCUT2D eigenvalue weighted by atomic mass is 9.83. The molecule has 0 amide bonds. The van der Waals surface area contributed by atoms with Gasteiger partial charge in [0.05, 0.1) is 4.90 Å². The van der Waals surface area contributed by atoms with Gasteiger partial charge < -0.3 is 5.11 Å². The number of carbonyl (C=O) groups is 1. The zero-order valence-electron chi connectivity index (χ0n) is 17.0. The second-order valence-corrected chi connectivity index (χ2v) is 10.4. The lowest BCUT2D eigenvalue weighted by Gasteiger charge is -2.31. The lowest BCUT2D eigenvalue weighted by molar-refractivity contribution is -0.137. The number of aliphatic carboxylic acids is 1. The van der Waals surface area contributed by atoms with Gasteiger partial charge >= 0.3 is 5.97 Å². The summed E-state index contributed by atoms with van der Waals surface area (Å²) in [6, 6.07) is 13.1. The van der Waals surface area contributed by atoms with Crippen molar-refractivity contribution in [2.75, 3.05) is 0 Å². The summed E-state index contributed by atoms with van der Waals surface area (Å²) in [7, 11) is -3.58. The van der Waals surface area contributed by atoms with Gasteiger partial charge in [-0.05, 0) is 79.2 Å². The molecule has 2 aliphatic rings. The van der Waals surface area contributed by atoms with Crippen molar-refractivity contribution in [1.82, 2.24) is 4.72 Å². The van der Waals surface area contributed by atoms with Gasteiger partial charge in [-0.2, -0.15) is 0 Å². The smallest absolute Gasteiger partial charge is 0.303 e. The van der Waals surface area contributed by atoms with E-state index < -0.39 is 16.0 Å². The number of unbranched alkanes of at least 4 members (excludes halogenated alkanes) is 1. The first-order chi connectivity index (χ1) is 14.4. The molecule has 160 valence electrons. The molecule has 4 unspecified atom stereocenters. The standard InChI is InChI=1S/C24H29NO4S/c26-23(27)10-4-2-1-3-9-22-19-11-12-20(15-19)24(22)25-30(28,29)21-14-13-17-7-5-6-8-18(17)16-21/h1,3,5-8,13-14,16,19-20,22,24-25H,2,4,9-12,15H2,(H,26,27). The molecule has 4 atom stereocenters. The molecular formula is C24H29NO4S. The van der Waals surface area contributed by atoms with E-state index in [1.807, 2.05) is 36.4 Å². The third-order valence-corrected chi connectivity index (χ3v) is 8.20. The molecule has 0 aromatic heterocycles.